The topological polar surface area (TPSA) is 109 Å². The number of benzene rings is 1. The Morgan fingerprint density at radius 2 is 2.15 bits per heavy atom. The van der Waals surface area contributed by atoms with Crippen molar-refractivity contribution in [1.82, 2.24) is 14.9 Å². The molecule has 3 heterocycles. The van der Waals surface area contributed by atoms with Gasteiger partial charge in [0.2, 0.25) is 11.0 Å². The zero-order chi connectivity index (χ0) is 18.1. The molecule has 26 heavy (non-hydrogen) atoms. The van der Waals surface area contributed by atoms with E-state index in [0.29, 0.717) is 33.8 Å². The van der Waals surface area contributed by atoms with Crippen molar-refractivity contribution in [2.45, 2.75) is 10.9 Å². The Kier molecular flexibility index (Phi) is 4.13. The van der Waals surface area contributed by atoms with Crippen molar-refractivity contribution in [1.29, 1.82) is 0 Å². The number of hydrogen-bond acceptors (Lipinski definition) is 8. The lowest BCUT2D eigenvalue weighted by Crippen LogP contribution is -2.11. The molecule has 0 amide bonds. The summed E-state index contributed by atoms with van der Waals surface area (Å²) in [5.41, 5.74) is 0.858. The van der Waals surface area contributed by atoms with E-state index in [2.05, 4.69) is 10.2 Å². The standard InChI is InChI=1S/C17H14N4O4S/c1-23-11-4-5-12-10(7-15(22)25-14(12)8-11)9-26-17-20-19-16(21(17)18)13-3-2-6-24-13/h2-8H,9,18H2,1H3. The fourth-order valence-corrected chi connectivity index (χ4v) is 3.40. The summed E-state index contributed by atoms with van der Waals surface area (Å²) in [5, 5.41) is 9.47. The molecule has 0 bridgehead atoms. The predicted octanol–water partition coefficient (Wildman–Crippen LogP) is 2.66. The lowest BCUT2D eigenvalue weighted by molar-refractivity contribution is 0.414. The number of rotatable bonds is 5. The molecule has 0 fully saturated rings. The molecular formula is C17H14N4O4S. The SMILES string of the molecule is COc1ccc2c(CSc3nnc(-c4ccco4)n3N)cc(=O)oc2c1. The molecule has 1 aromatic carbocycles. The molecule has 0 unspecified atom stereocenters. The largest absolute Gasteiger partial charge is 0.497 e. The number of ether oxygens (including phenoxy) is 1. The summed E-state index contributed by atoms with van der Waals surface area (Å²) in [4.78, 5) is 11.9. The van der Waals surface area contributed by atoms with E-state index in [1.165, 1.54) is 22.5 Å². The van der Waals surface area contributed by atoms with Crippen molar-refractivity contribution in [2.24, 2.45) is 0 Å². The molecule has 4 rings (SSSR count). The highest BCUT2D eigenvalue weighted by Gasteiger charge is 2.15. The number of fused-ring (bicyclic) bond motifs is 1. The number of aromatic nitrogens is 3. The highest BCUT2D eigenvalue weighted by Crippen LogP contribution is 2.28. The Bertz CT molecular complexity index is 1120. The number of nitrogen functional groups attached to an aromatic ring is 1. The normalized spacial score (nSPS) is 11.1. The highest BCUT2D eigenvalue weighted by molar-refractivity contribution is 7.98. The van der Waals surface area contributed by atoms with E-state index >= 15 is 0 Å². The number of nitrogens with zero attached hydrogens (tertiary/aromatic N) is 3. The second-order valence-corrected chi connectivity index (χ2v) is 6.34. The van der Waals surface area contributed by atoms with Crippen LogP contribution < -0.4 is 16.2 Å². The maximum Gasteiger partial charge on any atom is 0.336 e. The predicted molar refractivity (Wildman–Crippen MR) is 96.5 cm³/mol. The van der Waals surface area contributed by atoms with Crippen molar-refractivity contribution in [2.75, 3.05) is 13.0 Å². The molecule has 0 radical (unpaired) electrons. The molecule has 0 aliphatic carbocycles. The summed E-state index contributed by atoms with van der Waals surface area (Å²) >= 11 is 1.36. The van der Waals surface area contributed by atoms with Gasteiger partial charge in [0.05, 0.1) is 13.4 Å². The minimum atomic E-state index is -0.424. The molecule has 2 N–H and O–H groups in total. The van der Waals surface area contributed by atoms with Crippen molar-refractivity contribution in [3.63, 3.8) is 0 Å². The summed E-state index contributed by atoms with van der Waals surface area (Å²) in [6, 6.07) is 10.3. The molecule has 9 heteroatoms. The van der Waals surface area contributed by atoms with Crippen LogP contribution in [0.5, 0.6) is 5.75 Å². The summed E-state index contributed by atoms with van der Waals surface area (Å²) in [6.45, 7) is 0. The lowest BCUT2D eigenvalue weighted by atomic mass is 10.1. The number of nitrogens with two attached hydrogens (primary N) is 1. The molecular weight excluding hydrogens is 356 g/mol. The molecule has 0 aliphatic rings. The quantitative estimate of drug-likeness (QED) is 0.324. The Morgan fingerprint density at radius 1 is 1.27 bits per heavy atom. The van der Waals surface area contributed by atoms with Crippen LogP contribution in [0.4, 0.5) is 0 Å². The maximum atomic E-state index is 11.9. The maximum absolute atomic E-state index is 11.9. The molecule has 0 saturated heterocycles. The number of hydrogen-bond donors (Lipinski definition) is 1. The van der Waals surface area contributed by atoms with Gasteiger partial charge in [0.15, 0.2) is 5.76 Å². The van der Waals surface area contributed by atoms with Crippen molar-refractivity contribution < 1.29 is 13.6 Å². The minimum Gasteiger partial charge on any atom is -0.497 e. The third kappa shape index (κ3) is 2.93. The van der Waals surface area contributed by atoms with Gasteiger partial charge in [-0.15, -0.1) is 10.2 Å². The first-order valence-electron chi connectivity index (χ1n) is 7.63. The van der Waals surface area contributed by atoms with Gasteiger partial charge in [-0.05, 0) is 29.8 Å². The van der Waals surface area contributed by atoms with Crippen LogP contribution in [0, 0.1) is 0 Å². The van der Waals surface area contributed by atoms with Crippen LogP contribution in [0.1, 0.15) is 5.56 Å². The second kappa shape index (κ2) is 6.60. The van der Waals surface area contributed by atoms with Gasteiger partial charge in [-0.25, -0.2) is 9.47 Å². The average Bonchev–Trinajstić information content (AvgIpc) is 3.28. The van der Waals surface area contributed by atoms with Gasteiger partial charge in [-0.1, -0.05) is 11.8 Å². The number of furan rings is 1. The fourth-order valence-electron chi connectivity index (χ4n) is 2.55. The molecule has 3 aromatic heterocycles. The van der Waals surface area contributed by atoms with E-state index in [1.54, 1.807) is 31.6 Å². The fraction of sp³-hybridized carbons (Fsp3) is 0.118. The summed E-state index contributed by atoms with van der Waals surface area (Å²) < 4.78 is 17.1. The second-order valence-electron chi connectivity index (χ2n) is 5.39. The van der Waals surface area contributed by atoms with Gasteiger partial charge in [0.1, 0.15) is 11.3 Å². The zero-order valence-corrected chi connectivity index (χ0v) is 14.5. The highest BCUT2D eigenvalue weighted by atomic mass is 32.2. The van der Waals surface area contributed by atoms with E-state index < -0.39 is 5.63 Å². The van der Waals surface area contributed by atoms with E-state index in [9.17, 15) is 4.79 Å². The van der Waals surface area contributed by atoms with Crippen molar-refractivity contribution >= 4 is 22.7 Å². The minimum absolute atomic E-state index is 0.424. The third-order valence-electron chi connectivity index (χ3n) is 3.80. The Balaban J connectivity index is 1.63. The molecule has 0 atom stereocenters. The van der Waals surface area contributed by atoms with Gasteiger partial charge in [0, 0.05) is 23.3 Å². The lowest BCUT2D eigenvalue weighted by Gasteiger charge is -2.07. The molecule has 0 spiro atoms. The van der Waals surface area contributed by atoms with Crippen LogP contribution in [0.25, 0.3) is 22.6 Å². The molecule has 0 aliphatic heterocycles. The average molecular weight is 370 g/mol. The van der Waals surface area contributed by atoms with Gasteiger partial charge in [-0.2, -0.15) is 0 Å². The van der Waals surface area contributed by atoms with E-state index in [1.807, 2.05) is 12.1 Å². The smallest absolute Gasteiger partial charge is 0.336 e. The van der Waals surface area contributed by atoms with Crippen LogP contribution >= 0.6 is 11.8 Å². The number of methoxy groups -OCH3 is 1. The third-order valence-corrected chi connectivity index (χ3v) is 4.79. The molecule has 132 valence electrons. The first-order chi connectivity index (χ1) is 12.7. The van der Waals surface area contributed by atoms with Gasteiger partial charge >= 0.3 is 5.63 Å². The van der Waals surface area contributed by atoms with E-state index in [0.717, 1.165) is 10.9 Å². The monoisotopic (exact) mass is 370 g/mol. The van der Waals surface area contributed by atoms with E-state index in [4.69, 9.17) is 19.4 Å². The van der Waals surface area contributed by atoms with Crippen LogP contribution in [0.15, 0.2) is 61.4 Å². The van der Waals surface area contributed by atoms with Crippen LogP contribution in [-0.2, 0) is 5.75 Å². The molecule has 4 aromatic rings. The zero-order valence-electron chi connectivity index (χ0n) is 13.7. The van der Waals surface area contributed by atoms with Gasteiger partial charge < -0.3 is 19.4 Å². The van der Waals surface area contributed by atoms with Crippen LogP contribution in [0.3, 0.4) is 0 Å². The Hall–Kier alpha value is -3.20. The summed E-state index contributed by atoms with van der Waals surface area (Å²) in [5.74, 6) is 8.11. The van der Waals surface area contributed by atoms with Crippen molar-refractivity contribution in [3.05, 3.63) is 58.6 Å². The van der Waals surface area contributed by atoms with Crippen LogP contribution in [0.2, 0.25) is 0 Å². The summed E-state index contributed by atoms with van der Waals surface area (Å²) in [7, 11) is 1.56. The molecule has 0 saturated carbocycles. The van der Waals surface area contributed by atoms with Gasteiger partial charge in [0.25, 0.3) is 0 Å². The Morgan fingerprint density at radius 3 is 2.92 bits per heavy atom. The van der Waals surface area contributed by atoms with Crippen LogP contribution in [-0.4, -0.2) is 22.0 Å². The first-order valence-corrected chi connectivity index (χ1v) is 8.62. The van der Waals surface area contributed by atoms with Gasteiger partial charge in [-0.3, -0.25) is 0 Å². The summed E-state index contributed by atoms with van der Waals surface area (Å²) in [6.07, 6.45) is 1.54. The number of thioether (sulfide) groups is 1. The Labute approximate surface area is 151 Å². The van der Waals surface area contributed by atoms with E-state index in [-0.39, 0.29) is 0 Å². The van der Waals surface area contributed by atoms with Crippen molar-refractivity contribution in [3.8, 4) is 17.3 Å². The molecule has 8 nitrogen and oxygen atoms in total. The first kappa shape index (κ1) is 16.3.